The van der Waals surface area contributed by atoms with Crippen molar-refractivity contribution in [3.05, 3.63) is 87.9 Å². The molecular formula is C20H18Cl2N2O3S. The van der Waals surface area contributed by atoms with Crippen LogP contribution in [0.2, 0.25) is 10.0 Å². The van der Waals surface area contributed by atoms with Crippen molar-refractivity contribution in [2.45, 2.75) is 18.0 Å². The van der Waals surface area contributed by atoms with Crippen molar-refractivity contribution in [3.8, 4) is 5.75 Å². The molecule has 0 fully saturated rings. The van der Waals surface area contributed by atoms with Crippen LogP contribution in [0.4, 0.5) is 5.69 Å². The van der Waals surface area contributed by atoms with Crippen molar-refractivity contribution in [3.63, 3.8) is 0 Å². The molecule has 3 aromatic rings. The van der Waals surface area contributed by atoms with E-state index in [2.05, 4.69) is 5.32 Å². The topological polar surface area (TPSA) is 81.4 Å². The molecule has 0 amide bonds. The van der Waals surface area contributed by atoms with Crippen molar-refractivity contribution in [1.29, 1.82) is 0 Å². The van der Waals surface area contributed by atoms with E-state index in [0.29, 0.717) is 23.2 Å². The SMILES string of the molecule is NS(=O)(=O)c1ccc(NCc2ccccc2OCc2ccc(Cl)c(Cl)c2)cc1. The van der Waals surface area contributed by atoms with Gasteiger partial charge >= 0.3 is 0 Å². The summed E-state index contributed by atoms with van der Waals surface area (Å²) in [7, 11) is -3.70. The fraction of sp³-hybridized carbons (Fsp3) is 0.100. The molecular weight excluding hydrogens is 419 g/mol. The molecule has 0 saturated heterocycles. The van der Waals surface area contributed by atoms with Gasteiger partial charge in [-0.15, -0.1) is 0 Å². The lowest BCUT2D eigenvalue weighted by Crippen LogP contribution is -2.12. The van der Waals surface area contributed by atoms with E-state index in [4.69, 9.17) is 33.1 Å². The van der Waals surface area contributed by atoms with Crippen LogP contribution in [0.5, 0.6) is 5.75 Å². The van der Waals surface area contributed by atoms with Gasteiger partial charge in [-0.25, -0.2) is 13.6 Å². The summed E-state index contributed by atoms with van der Waals surface area (Å²) >= 11 is 12.0. The van der Waals surface area contributed by atoms with Crippen LogP contribution in [0, 0.1) is 0 Å². The first-order chi connectivity index (χ1) is 13.3. The van der Waals surface area contributed by atoms with E-state index in [9.17, 15) is 8.42 Å². The molecule has 0 heterocycles. The number of benzene rings is 3. The highest BCUT2D eigenvalue weighted by Crippen LogP contribution is 2.25. The maximum absolute atomic E-state index is 11.3. The molecule has 0 aliphatic heterocycles. The van der Waals surface area contributed by atoms with Crippen molar-refractivity contribution in [1.82, 2.24) is 0 Å². The number of primary sulfonamides is 1. The number of hydrogen-bond donors (Lipinski definition) is 2. The summed E-state index contributed by atoms with van der Waals surface area (Å²) in [6.45, 7) is 0.864. The lowest BCUT2D eigenvalue weighted by molar-refractivity contribution is 0.303. The van der Waals surface area contributed by atoms with Gasteiger partial charge in [0.2, 0.25) is 10.0 Å². The Balaban J connectivity index is 1.66. The number of nitrogens with two attached hydrogens (primary N) is 1. The highest BCUT2D eigenvalue weighted by Gasteiger charge is 2.08. The summed E-state index contributed by atoms with van der Waals surface area (Å²) in [6, 6.07) is 19.3. The Kier molecular flexibility index (Phi) is 6.46. The van der Waals surface area contributed by atoms with Crippen molar-refractivity contribution in [2.75, 3.05) is 5.32 Å². The number of sulfonamides is 1. The Hall–Kier alpha value is -2.25. The van der Waals surface area contributed by atoms with Crippen LogP contribution in [0.25, 0.3) is 0 Å². The molecule has 3 N–H and O–H groups in total. The van der Waals surface area contributed by atoms with Gasteiger partial charge in [0.15, 0.2) is 0 Å². The van der Waals surface area contributed by atoms with E-state index in [1.165, 1.54) is 12.1 Å². The monoisotopic (exact) mass is 436 g/mol. The molecule has 0 atom stereocenters. The minimum absolute atomic E-state index is 0.0726. The molecule has 0 spiro atoms. The zero-order valence-electron chi connectivity index (χ0n) is 14.7. The Bertz CT molecular complexity index is 1070. The van der Waals surface area contributed by atoms with E-state index < -0.39 is 10.0 Å². The van der Waals surface area contributed by atoms with Crippen LogP contribution in [-0.2, 0) is 23.2 Å². The zero-order valence-corrected chi connectivity index (χ0v) is 17.1. The van der Waals surface area contributed by atoms with Crippen molar-refractivity contribution < 1.29 is 13.2 Å². The normalized spacial score (nSPS) is 11.2. The highest BCUT2D eigenvalue weighted by atomic mass is 35.5. The lowest BCUT2D eigenvalue weighted by atomic mass is 10.2. The maximum atomic E-state index is 11.3. The molecule has 0 unspecified atom stereocenters. The quantitative estimate of drug-likeness (QED) is 0.555. The van der Waals surface area contributed by atoms with Crippen LogP contribution in [0.15, 0.2) is 71.6 Å². The second-order valence-corrected chi connectivity index (χ2v) is 8.44. The number of rotatable bonds is 7. The maximum Gasteiger partial charge on any atom is 0.238 e. The van der Waals surface area contributed by atoms with Crippen LogP contribution >= 0.6 is 23.2 Å². The molecule has 0 aliphatic carbocycles. The predicted octanol–water partition coefficient (Wildman–Crippen LogP) is 4.83. The van der Waals surface area contributed by atoms with Gasteiger partial charge < -0.3 is 10.1 Å². The van der Waals surface area contributed by atoms with Crippen molar-refractivity contribution in [2.24, 2.45) is 5.14 Å². The first-order valence-electron chi connectivity index (χ1n) is 8.34. The predicted molar refractivity (Wildman–Crippen MR) is 112 cm³/mol. The first-order valence-corrected chi connectivity index (χ1v) is 10.6. The average molecular weight is 437 g/mol. The lowest BCUT2D eigenvalue weighted by Gasteiger charge is -2.13. The van der Waals surface area contributed by atoms with Gasteiger partial charge in [0.05, 0.1) is 14.9 Å². The minimum Gasteiger partial charge on any atom is -0.489 e. The van der Waals surface area contributed by atoms with E-state index >= 15 is 0 Å². The second-order valence-electron chi connectivity index (χ2n) is 6.07. The fourth-order valence-corrected chi connectivity index (χ4v) is 3.38. The second kappa shape index (κ2) is 8.84. The highest BCUT2D eigenvalue weighted by molar-refractivity contribution is 7.89. The summed E-state index contributed by atoms with van der Waals surface area (Å²) < 4.78 is 28.6. The molecule has 5 nitrogen and oxygen atoms in total. The van der Waals surface area contributed by atoms with Crippen molar-refractivity contribution >= 4 is 38.9 Å². The first kappa shape index (κ1) is 20.5. The van der Waals surface area contributed by atoms with E-state index in [0.717, 1.165) is 22.6 Å². The molecule has 0 aliphatic rings. The molecule has 8 heteroatoms. The molecule has 28 heavy (non-hydrogen) atoms. The molecule has 0 saturated carbocycles. The van der Waals surface area contributed by atoms with Gasteiger partial charge in [-0.05, 0) is 48.0 Å². The number of ether oxygens (including phenoxy) is 1. The Morgan fingerprint density at radius 2 is 1.64 bits per heavy atom. The largest absolute Gasteiger partial charge is 0.489 e. The summed E-state index contributed by atoms with van der Waals surface area (Å²) in [4.78, 5) is 0.0726. The summed E-state index contributed by atoms with van der Waals surface area (Å²) in [5.41, 5.74) is 2.64. The molecule has 0 aromatic heterocycles. The van der Waals surface area contributed by atoms with Gasteiger partial charge in [0.25, 0.3) is 0 Å². The van der Waals surface area contributed by atoms with Crippen LogP contribution in [0.3, 0.4) is 0 Å². The zero-order chi connectivity index (χ0) is 20.1. The number of halogens is 2. The molecule has 3 rings (SSSR count). The third-order valence-electron chi connectivity index (χ3n) is 4.02. The Morgan fingerprint density at radius 3 is 2.32 bits per heavy atom. The van der Waals surface area contributed by atoms with E-state index in [1.807, 2.05) is 30.3 Å². The Labute approximate surface area is 174 Å². The van der Waals surface area contributed by atoms with Gasteiger partial charge in [-0.1, -0.05) is 47.5 Å². The summed E-state index contributed by atoms with van der Waals surface area (Å²) in [6.07, 6.45) is 0. The molecule has 146 valence electrons. The standard InChI is InChI=1S/C20H18Cl2N2O3S/c21-18-10-5-14(11-19(18)22)13-27-20-4-2-1-3-15(20)12-24-16-6-8-17(9-7-16)28(23,25)26/h1-11,24H,12-13H2,(H2,23,25,26). The van der Waals surface area contributed by atoms with Gasteiger partial charge in [-0.2, -0.15) is 0 Å². The van der Waals surface area contributed by atoms with Gasteiger partial charge in [0.1, 0.15) is 12.4 Å². The van der Waals surface area contributed by atoms with E-state index in [-0.39, 0.29) is 4.90 Å². The van der Waals surface area contributed by atoms with Crippen LogP contribution < -0.4 is 15.2 Å². The van der Waals surface area contributed by atoms with Crippen LogP contribution in [-0.4, -0.2) is 8.42 Å². The summed E-state index contributed by atoms with van der Waals surface area (Å²) in [5.74, 6) is 0.738. The molecule has 3 aromatic carbocycles. The number of anilines is 1. The van der Waals surface area contributed by atoms with Crippen LogP contribution in [0.1, 0.15) is 11.1 Å². The average Bonchev–Trinajstić information content (AvgIpc) is 2.67. The third-order valence-corrected chi connectivity index (χ3v) is 5.69. The third kappa shape index (κ3) is 5.39. The minimum atomic E-state index is -3.70. The summed E-state index contributed by atoms with van der Waals surface area (Å²) in [5, 5.41) is 9.34. The fourth-order valence-electron chi connectivity index (χ4n) is 2.54. The number of nitrogens with one attached hydrogen (secondary N) is 1. The molecule has 0 radical (unpaired) electrons. The van der Waals surface area contributed by atoms with Gasteiger partial charge in [-0.3, -0.25) is 0 Å². The number of para-hydroxylation sites is 1. The smallest absolute Gasteiger partial charge is 0.238 e. The molecule has 0 bridgehead atoms. The Morgan fingerprint density at radius 1 is 0.929 bits per heavy atom. The number of hydrogen-bond acceptors (Lipinski definition) is 4. The van der Waals surface area contributed by atoms with E-state index in [1.54, 1.807) is 24.3 Å². The van der Waals surface area contributed by atoms with Gasteiger partial charge in [0, 0.05) is 17.8 Å².